The van der Waals surface area contributed by atoms with Gasteiger partial charge in [-0.25, -0.2) is 0 Å². The zero-order chi connectivity index (χ0) is 10.4. The largest absolute Gasteiger partial charge is 0.377 e. The van der Waals surface area contributed by atoms with Gasteiger partial charge in [0.25, 0.3) is 0 Å². The molecule has 0 unspecified atom stereocenters. The summed E-state index contributed by atoms with van der Waals surface area (Å²) in [6.45, 7) is 3.00. The molecule has 0 radical (unpaired) electrons. The first-order valence-corrected chi connectivity index (χ1v) is 4.86. The Hall–Kier alpha value is -1.06. The number of hydrogen-bond donors (Lipinski definition) is 3. The standard InChI is InChI=1S/C11H18N2O/c1-9-3-4-11(13-8-14)10(7-9)5-6-12-2/h3-4,7,12-14H,5-6,8H2,1-2H3. The molecular formula is C11H18N2O. The molecule has 0 spiro atoms. The summed E-state index contributed by atoms with van der Waals surface area (Å²) < 4.78 is 0. The molecule has 3 nitrogen and oxygen atoms in total. The van der Waals surface area contributed by atoms with Gasteiger partial charge in [-0.05, 0) is 38.6 Å². The molecule has 3 heteroatoms. The normalized spacial score (nSPS) is 10.2. The molecule has 0 aliphatic carbocycles. The number of likely N-dealkylation sites (N-methyl/N-ethyl adjacent to an activating group) is 1. The lowest BCUT2D eigenvalue weighted by Crippen LogP contribution is -2.12. The van der Waals surface area contributed by atoms with Crippen LogP contribution in [0.5, 0.6) is 0 Å². The van der Waals surface area contributed by atoms with Crippen LogP contribution < -0.4 is 10.6 Å². The Bertz CT molecular complexity index is 287. The van der Waals surface area contributed by atoms with Crippen molar-refractivity contribution in [3.63, 3.8) is 0 Å². The maximum Gasteiger partial charge on any atom is 0.113 e. The molecule has 1 aromatic carbocycles. The first-order valence-electron chi connectivity index (χ1n) is 4.86. The summed E-state index contributed by atoms with van der Waals surface area (Å²) in [6.07, 6.45) is 0.973. The van der Waals surface area contributed by atoms with Crippen LogP contribution in [0.2, 0.25) is 0 Å². The van der Waals surface area contributed by atoms with Gasteiger partial charge in [0, 0.05) is 5.69 Å². The molecule has 0 amide bonds. The zero-order valence-electron chi connectivity index (χ0n) is 8.80. The summed E-state index contributed by atoms with van der Waals surface area (Å²) in [4.78, 5) is 0. The van der Waals surface area contributed by atoms with Gasteiger partial charge in [-0.1, -0.05) is 17.7 Å². The van der Waals surface area contributed by atoms with E-state index in [1.807, 2.05) is 19.2 Å². The molecule has 0 aliphatic rings. The summed E-state index contributed by atoms with van der Waals surface area (Å²) in [6, 6.07) is 6.20. The van der Waals surface area contributed by atoms with E-state index in [9.17, 15) is 0 Å². The first-order chi connectivity index (χ1) is 6.77. The molecule has 3 N–H and O–H groups in total. The molecule has 78 valence electrons. The van der Waals surface area contributed by atoms with Crippen LogP contribution in [0.4, 0.5) is 5.69 Å². The van der Waals surface area contributed by atoms with E-state index < -0.39 is 0 Å². The highest BCUT2D eigenvalue weighted by molar-refractivity contribution is 5.52. The summed E-state index contributed by atoms with van der Waals surface area (Å²) in [7, 11) is 1.94. The van der Waals surface area contributed by atoms with E-state index in [-0.39, 0.29) is 6.73 Å². The average molecular weight is 194 g/mol. The zero-order valence-corrected chi connectivity index (χ0v) is 8.80. The second kappa shape index (κ2) is 5.62. The summed E-state index contributed by atoms with van der Waals surface area (Å²) in [5, 5.41) is 14.9. The lowest BCUT2D eigenvalue weighted by atomic mass is 10.1. The Morgan fingerprint density at radius 3 is 2.79 bits per heavy atom. The summed E-state index contributed by atoms with van der Waals surface area (Å²) >= 11 is 0. The molecule has 0 atom stereocenters. The van der Waals surface area contributed by atoms with Gasteiger partial charge < -0.3 is 15.7 Å². The van der Waals surface area contributed by atoms with Crippen molar-refractivity contribution in [2.24, 2.45) is 0 Å². The van der Waals surface area contributed by atoms with E-state index in [1.165, 1.54) is 11.1 Å². The Morgan fingerprint density at radius 2 is 2.14 bits per heavy atom. The van der Waals surface area contributed by atoms with Crippen LogP contribution in [0.1, 0.15) is 11.1 Å². The Kier molecular flexibility index (Phi) is 4.43. The van der Waals surface area contributed by atoms with Gasteiger partial charge in [0.1, 0.15) is 6.73 Å². The number of aliphatic hydroxyl groups is 1. The molecule has 0 bridgehead atoms. The fourth-order valence-corrected chi connectivity index (χ4v) is 1.45. The van der Waals surface area contributed by atoms with Crippen LogP contribution in [-0.4, -0.2) is 25.4 Å². The number of aliphatic hydroxyl groups excluding tert-OH is 1. The molecule has 0 heterocycles. The highest BCUT2D eigenvalue weighted by atomic mass is 16.3. The van der Waals surface area contributed by atoms with Crippen LogP contribution in [0, 0.1) is 6.92 Å². The third-order valence-corrected chi connectivity index (χ3v) is 2.17. The van der Waals surface area contributed by atoms with Crippen LogP contribution >= 0.6 is 0 Å². The maximum absolute atomic E-state index is 8.81. The Balaban J connectivity index is 2.79. The topological polar surface area (TPSA) is 44.3 Å². The second-order valence-corrected chi connectivity index (χ2v) is 3.35. The Morgan fingerprint density at radius 1 is 1.36 bits per heavy atom. The van der Waals surface area contributed by atoms with Gasteiger partial charge in [0.15, 0.2) is 0 Å². The minimum absolute atomic E-state index is 0.0182. The summed E-state index contributed by atoms with van der Waals surface area (Å²) in [5.41, 5.74) is 3.52. The predicted molar refractivity (Wildman–Crippen MR) is 59.5 cm³/mol. The Labute approximate surface area is 85.2 Å². The fraction of sp³-hybridized carbons (Fsp3) is 0.455. The highest BCUT2D eigenvalue weighted by Gasteiger charge is 2.01. The van der Waals surface area contributed by atoms with Gasteiger partial charge in [-0.2, -0.15) is 0 Å². The van der Waals surface area contributed by atoms with Gasteiger partial charge in [-0.3, -0.25) is 0 Å². The molecule has 14 heavy (non-hydrogen) atoms. The summed E-state index contributed by atoms with van der Waals surface area (Å²) in [5.74, 6) is 0. The number of benzene rings is 1. The van der Waals surface area contributed by atoms with Crippen LogP contribution in [0.3, 0.4) is 0 Å². The third kappa shape index (κ3) is 3.01. The minimum atomic E-state index is -0.0182. The molecule has 0 fully saturated rings. The number of anilines is 1. The maximum atomic E-state index is 8.81. The van der Waals surface area contributed by atoms with Gasteiger partial charge in [0.05, 0.1) is 0 Å². The highest BCUT2D eigenvalue weighted by Crippen LogP contribution is 2.17. The van der Waals surface area contributed by atoms with Crippen molar-refractivity contribution in [3.05, 3.63) is 29.3 Å². The molecule has 1 aromatic rings. The predicted octanol–water partition coefficient (Wildman–Crippen LogP) is 1.12. The van der Waals surface area contributed by atoms with Gasteiger partial charge >= 0.3 is 0 Å². The van der Waals surface area contributed by atoms with Crippen molar-refractivity contribution in [2.45, 2.75) is 13.3 Å². The van der Waals surface area contributed by atoms with Gasteiger partial charge in [-0.15, -0.1) is 0 Å². The van der Waals surface area contributed by atoms with Crippen molar-refractivity contribution >= 4 is 5.69 Å². The van der Waals surface area contributed by atoms with Crippen molar-refractivity contribution in [3.8, 4) is 0 Å². The number of rotatable bonds is 5. The third-order valence-electron chi connectivity index (χ3n) is 2.17. The van der Waals surface area contributed by atoms with Crippen LogP contribution in [0.15, 0.2) is 18.2 Å². The van der Waals surface area contributed by atoms with E-state index in [2.05, 4.69) is 23.6 Å². The number of aryl methyl sites for hydroxylation is 1. The van der Waals surface area contributed by atoms with Crippen molar-refractivity contribution in [1.29, 1.82) is 0 Å². The first kappa shape index (κ1) is 11.0. The molecular weight excluding hydrogens is 176 g/mol. The minimum Gasteiger partial charge on any atom is -0.377 e. The van der Waals surface area contributed by atoms with Crippen molar-refractivity contribution in [1.82, 2.24) is 5.32 Å². The van der Waals surface area contributed by atoms with E-state index in [0.29, 0.717) is 0 Å². The van der Waals surface area contributed by atoms with Crippen LogP contribution in [0.25, 0.3) is 0 Å². The monoisotopic (exact) mass is 194 g/mol. The molecule has 0 saturated carbocycles. The molecule has 0 aromatic heterocycles. The van der Waals surface area contributed by atoms with E-state index in [4.69, 9.17) is 5.11 Å². The molecule has 0 saturated heterocycles. The molecule has 0 aliphatic heterocycles. The van der Waals surface area contributed by atoms with E-state index in [1.54, 1.807) is 0 Å². The van der Waals surface area contributed by atoms with Crippen molar-refractivity contribution < 1.29 is 5.11 Å². The number of hydrogen-bond acceptors (Lipinski definition) is 3. The van der Waals surface area contributed by atoms with Crippen molar-refractivity contribution in [2.75, 3.05) is 25.6 Å². The van der Waals surface area contributed by atoms with E-state index in [0.717, 1.165) is 18.7 Å². The lowest BCUT2D eigenvalue weighted by Gasteiger charge is -2.11. The molecule has 1 rings (SSSR count). The average Bonchev–Trinajstić information content (AvgIpc) is 2.18. The SMILES string of the molecule is CNCCc1cc(C)ccc1NCO. The van der Waals surface area contributed by atoms with E-state index >= 15 is 0 Å². The van der Waals surface area contributed by atoms with Gasteiger partial charge in [0.2, 0.25) is 0 Å². The number of nitrogens with one attached hydrogen (secondary N) is 2. The van der Waals surface area contributed by atoms with Crippen LogP contribution in [-0.2, 0) is 6.42 Å². The second-order valence-electron chi connectivity index (χ2n) is 3.35. The smallest absolute Gasteiger partial charge is 0.113 e. The fourth-order valence-electron chi connectivity index (χ4n) is 1.45. The quantitative estimate of drug-likeness (QED) is 0.615. The lowest BCUT2D eigenvalue weighted by molar-refractivity contribution is 0.325.